The molecule has 0 radical (unpaired) electrons. The number of aryl methyl sites for hydroxylation is 1. The molecule has 0 fully saturated rings. The molecule has 0 unspecified atom stereocenters. The summed E-state index contributed by atoms with van der Waals surface area (Å²) in [6.45, 7) is 9.79. The van der Waals surface area contributed by atoms with E-state index in [9.17, 15) is 9.59 Å². The van der Waals surface area contributed by atoms with Crippen molar-refractivity contribution in [3.05, 3.63) is 65.9 Å². The number of alkyl halides is 2. The molecule has 1 aromatic carbocycles. The van der Waals surface area contributed by atoms with Crippen LogP contribution < -0.4 is 0 Å². The summed E-state index contributed by atoms with van der Waals surface area (Å²) in [5, 5.41) is 10.0. The van der Waals surface area contributed by atoms with E-state index in [2.05, 4.69) is 18.1 Å². The Hall–Kier alpha value is -2.08. The molecular formula is C19H19Cl3N2O3. The predicted molar refractivity (Wildman–Crippen MR) is 111 cm³/mol. The van der Waals surface area contributed by atoms with Gasteiger partial charge in [-0.2, -0.15) is 0 Å². The van der Waals surface area contributed by atoms with E-state index in [-0.39, 0.29) is 16.5 Å². The number of carbonyl (C=O) groups is 2. The fourth-order valence-electron chi connectivity index (χ4n) is 2.19. The highest BCUT2D eigenvalue weighted by Crippen LogP contribution is 2.25. The fraction of sp³-hybridized carbons (Fsp3) is 0.211. The number of aromatic nitrogens is 1. The zero-order valence-corrected chi connectivity index (χ0v) is 16.9. The number of nitrogens with zero attached hydrogens (tertiary/aromatic N) is 2. The van der Waals surface area contributed by atoms with Crippen molar-refractivity contribution in [1.29, 1.82) is 0 Å². The molecule has 0 aliphatic heterocycles. The first-order valence-corrected chi connectivity index (χ1v) is 9.04. The van der Waals surface area contributed by atoms with Crippen molar-refractivity contribution in [2.24, 2.45) is 0 Å². The molecule has 0 spiro atoms. The summed E-state index contributed by atoms with van der Waals surface area (Å²) < 4.78 is 0. The minimum atomic E-state index is -1.05. The standard InChI is InChI=1S/C11H8ClNO2.C8H11Cl2NO/c1-6-4-7-2-3-8(12)9(11(14)15)10(7)13-5-6;1-3-5-11(6-4-2)8(12)7(9)10/h2-5H,1H3,(H,14,15);3-4,7H,1-2,5-6H2. The third-order valence-corrected chi connectivity index (χ3v) is 4.04. The van der Waals surface area contributed by atoms with E-state index < -0.39 is 10.8 Å². The van der Waals surface area contributed by atoms with Crippen molar-refractivity contribution in [3.8, 4) is 0 Å². The first-order chi connectivity index (χ1) is 12.7. The number of hydrogen-bond acceptors (Lipinski definition) is 3. The van der Waals surface area contributed by atoms with E-state index in [1.165, 1.54) is 4.90 Å². The van der Waals surface area contributed by atoms with Crippen molar-refractivity contribution in [2.75, 3.05) is 13.1 Å². The van der Waals surface area contributed by atoms with E-state index in [0.717, 1.165) is 10.9 Å². The third kappa shape index (κ3) is 6.54. The Morgan fingerprint density at radius 2 is 1.85 bits per heavy atom. The summed E-state index contributed by atoms with van der Waals surface area (Å²) in [5.74, 6) is -1.37. The smallest absolute Gasteiger partial charge is 0.339 e. The van der Waals surface area contributed by atoms with Crippen LogP contribution in [0.4, 0.5) is 0 Å². The highest BCUT2D eigenvalue weighted by molar-refractivity contribution is 6.53. The van der Waals surface area contributed by atoms with Gasteiger partial charge in [0, 0.05) is 24.7 Å². The number of pyridine rings is 1. The Morgan fingerprint density at radius 1 is 1.26 bits per heavy atom. The molecule has 0 saturated heterocycles. The van der Waals surface area contributed by atoms with Gasteiger partial charge in [0.25, 0.3) is 5.91 Å². The lowest BCUT2D eigenvalue weighted by Crippen LogP contribution is -2.35. The Kier molecular flexibility index (Phi) is 9.29. The van der Waals surface area contributed by atoms with Gasteiger partial charge < -0.3 is 10.0 Å². The molecule has 0 aliphatic carbocycles. The lowest BCUT2D eigenvalue weighted by molar-refractivity contribution is -0.128. The summed E-state index contributed by atoms with van der Waals surface area (Å²) >= 11 is 16.6. The van der Waals surface area contributed by atoms with Crippen LogP contribution in [0, 0.1) is 6.92 Å². The number of rotatable bonds is 6. The van der Waals surface area contributed by atoms with Crippen molar-refractivity contribution >= 4 is 57.6 Å². The van der Waals surface area contributed by atoms with Gasteiger partial charge in [0.15, 0.2) is 4.84 Å². The number of halogens is 3. The highest BCUT2D eigenvalue weighted by Gasteiger charge is 2.17. The van der Waals surface area contributed by atoms with Gasteiger partial charge in [-0.3, -0.25) is 9.78 Å². The van der Waals surface area contributed by atoms with E-state index in [1.807, 2.05) is 13.0 Å². The maximum atomic E-state index is 11.2. The molecule has 2 rings (SSSR count). The molecule has 5 nitrogen and oxygen atoms in total. The second-order valence-electron chi connectivity index (χ2n) is 5.43. The van der Waals surface area contributed by atoms with Crippen LogP contribution in [0.25, 0.3) is 10.9 Å². The molecule has 0 bridgehead atoms. The van der Waals surface area contributed by atoms with Gasteiger partial charge in [-0.15, -0.1) is 13.2 Å². The first-order valence-electron chi connectivity index (χ1n) is 7.79. The van der Waals surface area contributed by atoms with Gasteiger partial charge >= 0.3 is 5.97 Å². The molecule has 27 heavy (non-hydrogen) atoms. The monoisotopic (exact) mass is 428 g/mol. The predicted octanol–water partition coefficient (Wildman–Crippen LogP) is 4.89. The Balaban J connectivity index is 0.000000279. The average Bonchev–Trinajstić information content (AvgIpc) is 2.61. The summed E-state index contributed by atoms with van der Waals surface area (Å²) in [6, 6.07) is 5.23. The SMILES string of the molecule is C=CCN(CC=C)C(=O)C(Cl)Cl.Cc1cnc2c(C(=O)O)c(Cl)ccc2c1. The first kappa shape index (κ1) is 23.0. The Labute approximate surface area is 172 Å². The van der Waals surface area contributed by atoms with E-state index in [4.69, 9.17) is 39.9 Å². The second-order valence-corrected chi connectivity index (χ2v) is 6.94. The van der Waals surface area contributed by atoms with Gasteiger partial charge in [0.1, 0.15) is 5.56 Å². The van der Waals surface area contributed by atoms with Crippen molar-refractivity contribution < 1.29 is 14.7 Å². The van der Waals surface area contributed by atoms with Gasteiger partial charge in [0.2, 0.25) is 0 Å². The number of benzene rings is 1. The van der Waals surface area contributed by atoms with Crippen molar-refractivity contribution in [1.82, 2.24) is 9.88 Å². The number of carbonyl (C=O) groups excluding carboxylic acids is 1. The van der Waals surface area contributed by atoms with Crippen LogP contribution in [0.15, 0.2) is 49.7 Å². The quantitative estimate of drug-likeness (QED) is 0.524. The van der Waals surface area contributed by atoms with Crippen LogP contribution in [0.2, 0.25) is 5.02 Å². The second kappa shape index (κ2) is 10.9. The average molecular weight is 430 g/mol. The Bertz CT molecular complexity index is 843. The summed E-state index contributed by atoms with van der Waals surface area (Å²) in [4.78, 5) is 26.7. The molecule has 8 heteroatoms. The zero-order valence-electron chi connectivity index (χ0n) is 14.7. The molecule has 0 saturated carbocycles. The molecule has 1 N–H and O–H groups in total. The van der Waals surface area contributed by atoms with Crippen molar-refractivity contribution in [3.63, 3.8) is 0 Å². The molecular weight excluding hydrogens is 411 g/mol. The maximum Gasteiger partial charge on any atom is 0.339 e. The Morgan fingerprint density at radius 3 is 2.33 bits per heavy atom. The van der Waals surface area contributed by atoms with Crippen molar-refractivity contribution in [2.45, 2.75) is 11.8 Å². The van der Waals surface area contributed by atoms with E-state index in [1.54, 1.807) is 30.5 Å². The lowest BCUT2D eigenvalue weighted by Gasteiger charge is -2.19. The number of hydrogen-bond donors (Lipinski definition) is 1. The van der Waals surface area contributed by atoms with Crippen LogP contribution >= 0.6 is 34.8 Å². The van der Waals surface area contributed by atoms with Gasteiger partial charge in [-0.05, 0) is 24.6 Å². The number of carboxylic acids is 1. The molecule has 144 valence electrons. The topological polar surface area (TPSA) is 70.5 Å². The largest absolute Gasteiger partial charge is 0.478 e. The highest BCUT2D eigenvalue weighted by atomic mass is 35.5. The molecule has 0 aliphatic rings. The number of carboxylic acid groups (broad SMARTS) is 1. The number of fused-ring (bicyclic) bond motifs is 1. The summed E-state index contributed by atoms with van der Waals surface area (Å²) in [6.07, 6.45) is 4.85. The van der Waals surface area contributed by atoms with Crippen LogP contribution in [0.1, 0.15) is 15.9 Å². The minimum absolute atomic E-state index is 0.0640. The van der Waals surface area contributed by atoms with Gasteiger partial charge in [0.05, 0.1) is 10.5 Å². The summed E-state index contributed by atoms with van der Waals surface area (Å²) in [5.41, 5.74) is 1.48. The molecule has 0 atom stereocenters. The van der Waals surface area contributed by atoms with E-state index >= 15 is 0 Å². The lowest BCUT2D eigenvalue weighted by atomic mass is 10.1. The number of amides is 1. The zero-order chi connectivity index (χ0) is 20.6. The normalized spacial score (nSPS) is 10.1. The van der Waals surface area contributed by atoms with Gasteiger partial charge in [-0.25, -0.2) is 4.79 Å². The molecule has 1 amide bonds. The number of aromatic carboxylic acids is 1. The van der Waals surface area contributed by atoms with Crippen LogP contribution in [-0.2, 0) is 4.79 Å². The maximum absolute atomic E-state index is 11.2. The molecule has 2 aromatic rings. The minimum Gasteiger partial charge on any atom is -0.478 e. The molecule has 1 heterocycles. The van der Waals surface area contributed by atoms with Crippen LogP contribution in [0.3, 0.4) is 0 Å². The van der Waals surface area contributed by atoms with Crippen LogP contribution in [-0.4, -0.2) is 44.8 Å². The third-order valence-electron chi connectivity index (χ3n) is 3.35. The fourth-order valence-corrected chi connectivity index (χ4v) is 2.70. The van der Waals surface area contributed by atoms with Crippen LogP contribution in [0.5, 0.6) is 0 Å². The van der Waals surface area contributed by atoms with Gasteiger partial charge in [-0.1, -0.05) is 53.0 Å². The molecule has 1 aromatic heterocycles. The van der Waals surface area contributed by atoms with E-state index in [0.29, 0.717) is 18.6 Å². The summed E-state index contributed by atoms with van der Waals surface area (Å²) in [7, 11) is 0.